The number of hydrogen-bond acceptors (Lipinski definition) is 5. The van der Waals surface area contributed by atoms with Crippen molar-refractivity contribution in [2.45, 2.75) is 52.0 Å². The zero-order valence-electron chi connectivity index (χ0n) is 16.8. The number of anilines is 1. The second-order valence-corrected chi connectivity index (χ2v) is 7.08. The number of benzene rings is 1. The Bertz CT molecular complexity index is 805. The number of nitrogens with zero attached hydrogens (tertiary/aromatic N) is 1. The number of esters is 1. The van der Waals surface area contributed by atoms with Gasteiger partial charge in [-0.25, -0.2) is 9.18 Å². The van der Waals surface area contributed by atoms with E-state index in [0.717, 1.165) is 11.0 Å². The fourth-order valence-electron chi connectivity index (χ4n) is 3.33. The standard InChI is InChI=1S/C20H26FN3O5/c1-4-8-20(9-5-2)18(27)24(19(28)23-20)11-17(26)29-12-16(25)22-14-7-6-13(3)15(21)10-14/h6-7,10H,4-5,8-9,11-12H2,1-3H3,(H,22,25)(H,23,28). The zero-order valence-corrected chi connectivity index (χ0v) is 16.8. The van der Waals surface area contributed by atoms with E-state index in [9.17, 15) is 23.6 Å². The molecule has 1 aromatic carbocycles. The molecule has 1 saturated heterocycles. The van der Waals surface area contributed by atoms with Gasteiger partial charge in [0, 0.05) is 5.69 Å². The van der Waals surface area contributed by atoms with Crippen LogP contribution in [0.1, 0.15) is 45.1 Å². The zero-order chi connectivity index (χ0) is 21.6. The summed E-state index contributed by atoms with van der Waals surface area (Å²) >= 11 is 0. The Labute approximate surface area is 168 Å². The first-order valence-corrected chi connectivity index (χ1v) is 9.58. The molecule has 0 aliphatic carbocycles. The maximum absolute atomic E-state index is 13.5. The van der Waals surface area contributed by atoms with Crippen molar-refractivity contribution in [1.82, 2.24) is 10.2 Å². The van der Waals surface area contributed by atoms with Gasteiger partial charge in [-0.1, -0.05) is 32.8 Å². The molecule has 0 bridgehead atoms. The molecule has 8 nitrogen and oxygen atoms in total. The summed E-state index contributed by atoms with van der Waals surface area (Å²) in [7, 11) is 0. The van der Waals surface area contributed by atoms with Gasteiger partial charge in [-0.15, -0.1) is 0 Å². The Hall–Kier alpha value is -2.97. The lowest BCUT2D eigenvalue weighted by Crippen LogP contribution is -2.47. The van der Waals surface area contributed by atoms with Crippen LogP contribution < -0.4 is 10.6 Å². The van der Waals surface area contributed by atoms with Crippen molar-refractivity contribution in [3.8, 4) is 0 Å². The van der Waals surface area contributed by atoms with Gasteiger partial charge in [0.2, 0.25) is 0 Å². The third kappa shape index (κ3) is 5.30. The van der Waals surface area contributed by atoms with Crippen molar-refractivity contribution < 1.29 is 28.3 Å². The van der Waals surface area contributed by atoms with Gasteiger partial charge in [0.15, 0.2) is 6.61 Å². The Kier molecular flexibility index (Phi) is 7.30. The number of hydrogen-bond donors (Lipinski definition) is 2. The van der Waals surface area contributed by atoms with E-state index in [1.165, 1.54) is 12.1 Å². The lowest BCUT2D eigenvalue weighted by molar-refractivity contribution is -0.150. The Morgan fingerprint density at radius 1 is 1.21 bits per heavy atom. The fourth-order valence-corrected chi connectivity index (χ4v) is 3.33. The van der Waals surface area contributed by atoms with Gasteiger partial charge >= 0.3 is 12.0 Å². The van der Waals surface area contributed by atoms with Crippen molar-refractivity contribution in [2.24, 2.45) is 0 Å². The van der Waals surface area contributed by atoms with Gasteiger partial charge in [0.05, 0.1) is 0 Å². The van der Waals surface area contributed by atoms with Crippen molar-refractivity contribution in [2.75, 3.05) is 18.5 Å². The predicted molar refractivity (Wildman–Crippen MR) is 104 cm³/mol. The second-order valence-electron chi connectivity index (χ2n) is 7.08. The first kappa shape index (κ1) is 22.3. The average molecular weight is 407 g/mol. The summed E-state index contributed by atoms with van der Waals surface area (Å²) < 4.78 is 18.4. The number of carbonyl (C=O) groups is 4. The highest BCUT2D eigenvalue weighted by atomic mass is 19.1. The lowest BCUT2D eigenvalue weighted by atomic mass is 9.88. The topological polar surface area (TPSA) is 105 Å². The minimum Gasteiger partial charge on any atom is -0.454 e. The van der Waals surface area contributed by atoms with Crippen LogP contribution in [0, 0.1) is 12.7 Å². The van der Waals surface area contributed by atoms with Crippen LogP contribution in [0.5, 0.6) is 0 Å². The summed E-state index contributed by atoms with van der Waals surface area (Å²) in [5.74, 6) is -2.48. The summed E-state index contributed by atoms with van der Waals surface area (Å²) in [6, 6.07) is 3.54. The van der Waals surface area contributed by atoms with Crippen LogP contribution in [-0.2, 0) is 19.1 Å². The van der Waals surface area contributed by atoms with E-state index in [1.807, 2.05) is 13.8 Å². The number of ether oxygens (including phenoxy) is 1. The first-order chi connectivity index (χ1) is 13.7. The smallest absolute Gasteiger partial charge is 0.326 e. The number of carbonyl (C=O) groups excluding carboxylic acids is 4. The highest BCUT2D eigenvalue weighted by Gasteiger charge is 2.50. The molecular weight excluding hydrogens is 381 g/mol. The Balaban J connectivity index is 1.89. The normalized spacial score (nSPS) is 15.2. The van der Waals surface area contributed by atoms with E-state index in [2.05, 4.69) is 10.6 Å². The minimum atomic E-state index is -0.992. The van der Waals surface area contributed by atoms with Gasteiger partial charge < -0.3 is 15.4 Å². The van der Waals surface area contributed by atoms with Gasteiger partial charge in [0.1, 0.15) is 17.9 Å². The molecule has 158 valence electrons. The quantitative estimate of drug-likeness (QED) is 0.483. The molecule has 1 aliphatic heterocycles. The van der Waals surface area contributed by atoms with Crippen LogP contribution >= 0.6 is 0 Å². The molecule has 0 unspecified atom stereocenters. The van der Waals surface area contributed by atoms with E-state index in [1.54, 1.807) is 6.92 Å². The molecule has 2 N–H and O–H groups in total. The van der Waals surface area contributed by atoms with Gasteiger partial charge in [-0.05, 0) is 37.5 Å². The molecule has 0 radical (unpaired) electrons. The second kappa shape index (κ2) is 9.49. The fraction of sp³-hybridized carbons (Fsp3) is 0.500. The van der Waals surface area contributed by atoms with Crippen LogP contribution in [0.2, 0.25) is 0 Å². The first-order valence-electron chi connectivity index (χ1n) is 9.58. The number of imide groups is 1. The molecule has 0 atom stereocenters. The monoisotopic (exact) mass is 407 g/mol. The highest BCUT2D eigenvalue weighted by Crippen LogP contribution is 2.27. The molecular formula is C20H26FN3O5. The van der Waals surface area contributed by atoms with Gasteiger partial charge in [0.25, 0.3) is 11.8 Å². The highest BCUT2D eigenvalue weighted by molar-refractivity contribution is 6.08. The molecule has 0 aromatic heterocycles. The number of halogens is 1. The Morgan fingerprint density at radius 2 is 1.86 bits per heavy atom. The van der Waals surface area contributed by atoms with E-state index >= 15 is 0 Å². The third-order valence-electron chi connectivity index (χ3n) is 4.71. The molecule has 9 heteroatoms. The maximum atomic E-state index is 13.5. The van der Waals surface area contributed by atoms with Crippen molar-refractivity contribution >= 4 is 29.5 Å². The molecule has 1 heterocycles. The predicted octanol–water partition coefficient (Wildman–Crippen LogP) is 2.51. The molecule has 29 heavy (non-hydrogen) atoms. The van der Waals surface area contributed by atoms with E-state index in [0.29, 0.717) is 31.2 Å². The van der Waals surface area contributed by atoms with Crippen molar-refractivity contribution in [1.29, 1.82) is 0 Å². The van der Waals surface area contributed by atoms with Crippen molar-refractivity contribution in [3.05, 3.63) is 29.6 Å². The summed E-state index contributed by atoms with van der Waals surface area (Å²) in [4.78, 5) is 49.6. The summed E-state index contributed by atoms with van der Waals surface area (Å²) in [6.45, 7) is 4.21. The molecule has 1 aliphatic rings. The SMILES string of the molecule is CCCC1(CCC)NC(=O)N(CC(=O)OCC(=O)Nc2ccc(C)c(F)c2)C1=O. The molecule has 0 spiro atoms. The van der Waals surface area contributed by atoms with Gasteiger partial charge in [-0.3, -0.25) is 19.3 Å². The molecule has 4 amide bonds. The summed E-state index contributed by atoms with van der Waals surface area (Å²) in [5.41, 5.74) is -0.328. The number of urea groups is 1. The summed E-state index contributed by atoms with van der Waals surface area (Å²) in [6.07, 6.45) is 2.35. The number of rotatable bonds is 9. The minimum absolute atomic E-state index is 0.229. The number of aryl methyl sites for hydroxylation is 1. The van der Waals surface area contributed by atoms with E-state index < -0.39 is 48.3 Å². The maximum Gasteiger partial charge on any atom is 0.326 e. The van der Waals surface area contributed by atoms with Crippen LogP contribution in [0.25, 0.3) is 0 Å². The largest absolute Gasteiger partial charge is 0.454 e. The lowest BCUT2D eigenvalue weighted by Gasteiger charge is -2.25. The molecule has 2 rings (SSSR count). The summed E-state index contributed by atoms with van der Waals surface area (Å²) in [5, 5.41) is 5.10. The number of amides is 4. The Morgan fingerprint density at radius 3 is 2.45 bits per heavy atom. The van der Waals surface area contributed by atoms with Crippen LogP contribution in [-0.4, -0.2) is 47.4 Å². The van der Waals surface area contributed by atoms with Crippen LogP contribution in [0.4, 0.5) is 14.9 Å². The van der Waals surface area contributed by atoms with E-state index in [4.69, 9.17) is 4.74 Å². The molecule has 1 aromatic rings. The van der Waals surface area contributed by atoms with Crippen LogP contribution in [0.3, 0.4) is 0 Å². The van der Waals surface area contributed by atoms with Gasteiger partial charge in [-0.2, -0.15) is 0 Å². The van der Waals surface area contributed by atoms with Crippen LogP contribution in [0.15, 0.2) is 18.2 Å². The van der Waals surface area contributed by atoms with E-state index in [-0.39, 0.29) is 5.69 Å². The molecule has 1 fully saturated rings. The molecule has 0 saturated carbocycles. The third-order valence-corrected chi connectivity index (χ3v) is 4.71. The average Bonchev–Trinajstić information content (AvgIpc) is 2.88. The number of nitrogens with one attached hydrogen (secondary N) is 2. The van der Waals surface area contributed by atoms with Crippen molar-refractivity contribution in [3.63, 3.8) is 0 Å².